The molecule has 2 aromatic rings. The number of nitrogens with zero attached hydrogens (tertiary/aromatic N) is 2. The van der Waals surface area contributed by atoms with E-state index in [1.807, 2.05) is 0 Å². The Kier molecular flexibility index (Phi) is 4.28. The van der Waals surface area contributed by atoms with Crippen LogP contribution in [0.4, 0.5) is 0 Å². The molecule has 1 aliphatic heterocycles. The monoisotopic (exact) mass is 376 g/mol. The summed E-state index contributed by atoms with van der Waals surface area (Å²) in [6.07, 6.45) is 2.83. The van der Waals surface area contributed by atoms with Crippen molar-refractivity contribution in [3.05, 3.63) is 40.4 Å². The highest BCUT2D eigenvalue weighted by atomic mass is 32.2. The average molecular weight is 376 g/mol. The number of piperidine rings is 1. The van der Waals surface area contributed by atoms with Gasteiger partial charge in [-0.05, 0) is 37.8 Å². The van der Waals surface area contributed by atoms with E-state index in [1.54, 1.807) is 24.3 Å². The Morgan fingerprint density at radius 2 is 2.00 bits per heavy atom. The minimum atomic E-state index is -3.25. The highest BCUT2D eigenvalue weighted by molar-refractivity contribution is 7.90. The van der Waals surface area contributed by atoms with E-state index in [2.05, 4.69) is 15.3 Å². The van der Waals surface area contributed by atoms with E-state index in [9.17, 15) is 18.0 Å². The smallest absolute Gasteiger partial charge is 0.287 e. The molecule has 1 aromatic heterocycles. The first kappa shape index (κ1) is 17.2. The Morgan fingerprint density at radius 1 is 1.23 bits per heavy atom. The van der Waals surface area contributed by atoms with Crippen LogP contribution >= 0.6 is 0 Å². The first-order valence-corrected chi connectivity index (χ1v) is 10.2. The molecule has 0 unspecified atom stereocenters. The fourth-order valence-corrected chi connectivity index (χ4v) is 5.24. The second-order valence-corrected chi connectivity index (χ2v) is 9.06. The number of para-hydroxylation sites is 1. The molecule has 138 valence electrons. The molecule has 8 nitrogen and oxygen atoms in total. The van der Waals surface area contributed by atoms with Crippen molar-refractivity contribution in [2.24, 2.45) is 0 Å². The number of aromatic amines is 1. The predicted molar refractivity (Wildman–Crippen MR) is 96.4 cm³/mol. The van der Waals surface area contributed by atoms with Crippen molar-refractivity contribution in [1.82, 2.24) is 19.6 Å². The Hall–Kier alpha value is -2.26. The minimum Gasteiger partial charge on any atom is -0.345 e. The largest absolute Gasteiger partial charge is 0.345 e. The third-order valence-electron chi connectivity index (χ3n) is 4.85. The maximum atomic E-state index is 12.5. The van der Waals surface area contributed by atoms with Crippen LogP contribution in [0.3, 0.4) is 0 Å². The number of hydrogen-bond acceptors (Lipinski definition) is 5. The highest BCUT2D eigenvalue weighted by Gasteiger charge is 2.41. The van der Waals surface area contributed by atoms with Gasteiger partial charge in [-0.3, -0.25) is 9.59 Å². The van der Waals surface area contributed by atoms with Crippen LogP contribution < -0.4 is 10.9 Å². The summed E-state index contributed by atoms with van der Waals surface area (Å²) < 4.78 is 26.3. The van der Waals surface area contributed by atoms with Gasteiger partial charge in [0.2, 0.25) is 10.0 Å². The molecule has 2 fully saturated rings. The third kappa shape index (κ3) is 3.24. The molecule has 1 aromatic carbocycles. The minimum absolute atomic E-state index is 0.0594. The Balaban J connectivity index is 1.50. The lowest BCUT2D eigenvalue weighted by atomic mass is 10.1. The van der Waals surface area contributed by atoms with Gasteiger partial charge in [0.25, 0.3) is 11.5 Å². The predicted octanol–water partition coefficient (Wildman–Crippen LogP) is 0.610. The van der Waals surface area contributed by atoms with E-state index < -0.39 is 15.9 Å². The summed E-state index contributed by atoms with van der Waals surface area (Å²) >= 11 is 0. The molecule has 0 radical (unpaired) electrons. The van der Waals surface area contributed by atoms with Crippen molar-refractivity contribution in [3.63, 3.8) is 0 Å². The standard InChI is InChI=1S/C17H20N4O4S/c22-16-13-5-1-2-6-14(13)19-15(20-16)17(23)18-11-4-3-9-21(10-11)26(24,25)12-7-8-12/h1-2,5-6,11-12H,3-4,7-10H2,(H,18,23)(H,19,20,22)/t11-/m1/s1. The van der Waals surface area contributed by atoms with Gasteiger partial charge in [-0.15, -0.1) is 0 Å². The van der Waals surface area contributed by atoms with Crippen molar-refractivity contribution in [2.75, 3.05) is 13.1 Å². The SMILES string of the molecule is O=C(N[C@@H]1CCCN(S(=O)(=O)C2CC2)C1)c1nc2ccccc2c(=O)[nH]1. The van der Waals surface area contributed by atoms with E-state index in [0.29, 0.717) is 30.3 Å². The fraction of sp³-hybridized carbons (Fsp3) is 0.471. The molecule has 1 aliphatic carbocycles. The lowest BCUT2D eigenvalue weighted by Gasteiger charge is -2.32. The number of amides is 1. The molecule has 2 N–H and O–H groups in total. The zero-order chi connectivity index (χ0) is 18.3. The first-order chi connectivity index (χ1) is 12.4. The lowest BCUT2D eigenvalue weighted by Crippen LogP contribution is -2.50. The summed E-state index contributed by atoms with van der Waals surface area (Å²) in [6.45, 7) is 0.763. The van der Waals surface area contributed by atoms with Gasteiger partial charge in [0.15, 0.2) is 5.82 Å². The van der Waals surface area contributed by atoms with E-state index in [1.165, 1.54) is 4.31 Å². The van der Waals surface area contributed by atoms with Crippen LogP contribution in [0, 0.1) is 0 Å². The van der Waals surface area contributed by atoms with Crippen LogP contribution in [0.15, 0.2) is 29.1 Å². The number of aromatic nitrogens is 2. The molecular formula is C17H20N4O4S. The van der Waals surface area contributed by atoms with Gasteiger partial charge < -0.3 is 10.3 Å². The molecule has 4 rings (SSSR count). The van der Waals surface area contributed by atoms with Crippen LogP contribution in [0.25, 0.3) is 10.9 Å². The molecule has 2 heterocycles. The summed E-state index contributed by atoms with van der Waals surface area (Å²) in [5, 5.41) is 2.98. The van der Waals surface area contributed by atoms with E-state index in [4.69, 9.17) is 0 Å². The molecule has 0 bridgehead atoms. The quantitative estimate of drug-likeness (QED) is 0.812. The first-order valence-electron chi connectivity index (χ1n) is 8.74. The Labute approximate surface area is 150 Å². The molecule has 1 amide bonds. The summed E-state index contributed by atoms with van der Waals surface area (Å²) in [5.41, 5.74) is 0.0744. The van der Waals surface area contributed by atoms with Gasteiger partial charge in [0, 0.05) is 19.1 Å². The van der Waals surface area contributed by atoms with Crippen LogP contribution in [-0.2, 0) is 10.0 Å². The zero-order valence-electron chi connectivity index (χ0n) is 14.1. The second-order valence-electron chi connectivity index (χ2n) is 6.85. The molecule has 2 aliphatic rings. The molecule has 9 heteroatoms. The number of carbonyl (C=O) groups excluding carboxylic acids is 1. The van der Waals surface area contributed by atoms with Gasteiger partial charge in [-0.1, -0.05) is 12.1 Å². The van der Waals surface area contributed by atoms with Crippen LogP contribution in [-0.4, -0.2) is 53.0 Å². The highest BCUT2D eigenvalue weighted by Crippen LogP contribution is 2.32. The molecule has 1 atom stereocenters. The van der Waals surface area contributed by atoms with E-state index >= 15 is 0 Å². The number of fused-ring (bicyclic) bond motifs is 1. The Bertz CT molecular complexity index is 1010. The number of benzene rings is 1. The number of rotatable bonds is 4. The summed E-state index contributed by atoms with van der Waals surface area (Å²) in [7, 11) is -3.25. The summed E-state index contributed by atoms with van der Waals surface area (Å²) in [4.78, 5) is 31.3. The van der Waals surface area contributed by atoms with Crippen molar-refractivity contribution >= 4 is 26.8 Å². The van der Waals surface area contributed by atoms with Gasteiger partial charge in [0.05, 0.1) is 16.2 Å². The van der Waals surface area contributed by atoms with Crippen LogP contribution in [0.5, 0.6) is 0 Å². The van der Waals surface area contributed by atoms with Crippen LogP contribution in [0.2, 0.25) is 0 Å². The van der Waals surface area contributed by atoms with Crippen LogP contribution in [0.1, 0.15) is 36.3 Å². The number of H-pyrrole nitrogens is 1. The Morgan fingerprint density at radius 3 is 2.77 bits per heavy atom. The van der Waals surface area contributed by atoms with Gasteiger partial charge in [0.1, 0.15) is 0 Å². The average Bonchev–Trinajstić information content (AvgIpc) is 3.47. The van der Waals surface area contributed by atoms with Crippen molar-refractivity contribution in [3.8, 4) is 0 Å². The number of hydrogen-bond donors (Lipinski definition) is 2. The normalized spacial score (nSPS) is 21.6. The maximum Gasteiger partial charge on any atom is 0.287 e. The third-order valence-corrected chi connectivity index (χ3v) is 7.22. The maximum absolute atomic E-state index is 12.5. The van der Waals surface area contributed by atoms with E-state index in [0.717, 1.165) is 12.8 Å². The molecular weight excluding hydrogens is 356 g/mol. The fourth-order valence-electron chi connectivity index (χ4n) is 3.32. The van der Waals surface area contributed by atoms with Gasteiger partial charge >= 0.3 is 0 Å². The van der Waals surface area contributed by atoms with Gasteiger partial charge in [-0.2, -0.15) is 4.31 Å². The number of carbonyl (C=O) groups is 1. The van der Waals surface area contributed by atoms with E-state index in [-0.39, 0.29) is 29.2 Å². The molecule has 26 heavy (non-hydrogen) atoms. The van der Waals surface area contributed by atoms with Crippen molar-refractivity contribution in [1.29, 1.82) is 0 Å². The van der Waals surface area contributed by atoms with Crippen molar-refractivity contribution < 1.29 is 13.2 Å². The molecule has 0 spiro atoms. The lowest BCUT2D eigenvalue weighted by molar-refractivity contribution is 0.0911. The molecule has 1 saturated carbocycles. The zero-order valence-corrected chi connectivity index (χ0v) is 15.0. The molecule has 1 saturated heterocycles. The second kappa shape index (κ2) is 6.48. The summed E-state index contributed by atoms with van der Waals surface area (Å²) in [6, 6.07) is 6.51. The van der Waals surface area contributed by atoms with Crippen molar-refractivity contribution in [2.45, 2.75) is 37.0 Å². The number of sulfonamides is 1. The number of nitrogens with one attached hydrogen (secondary N) is 2. The van der Waals surface area contributed by atoms with Gasteiger partial charge in [-0.25, -0.2) is 13.4 Å². The topological polar surface area (TPSA) is 112 Å². The summed E-state index contributed by atoms with van der Waals surface area (Å²) in [5.74, 6) is -0.556.